The van der Waals surface area contributed by atoms with Crippen LogP contribution in [0.4, 0.5) is 10.3 Å². The van der Waals surface area contributed by atoms with Crippen LogP contribution in [0.15, 0.2) is 35.7 Å². The molecule has 1 aromatic carbocycles. The number of β-amino-alcohol motifs (C(OH)–C–C–N with tert-alkyl or cyclic N) is 1. The molecule has 26 heavy (non-hydrogen) atoms. The number of hydrogen-bond acceptors (Lipinski definition) is 6. The molecule has 1 fully saturated rings. The number of nitrogens with zero attached hydrogens (tertiary/aromatic N) is 3. The second kappa shape index (κ2) is 6.97. The number of thiophene rings is 1. The number of aromatic nitrogens is 2. The molecule has 0 bridgehead atoms. The van der Waals surface area contributed by atoms with E-state index in [9.17, 15) is 14.3 Å². The molecule has 1 atom stereocenters. The van der Waals surface area contributed by atoms with E-state index in [1.807, 2.05) is 11.4 Å². The number of carbonyl (C=O) groups excluding carboxylic acids is 1. The highest BCUT2D eigenvalue weighted by Gasteiger charge is 2.28. The van der Waals surface area contributed by atoms with Crippen LogP contribution >= 0.6 is 11.3 Å². The van der Waals surface area contributed by atoms with Crippen molar-refractivity contribution in [2.75, 3.05) is 18.4 Å². The molecule has 0 aliphatic carbocycles. The fourth-order valence-electron chi connectivity index (χ4n) is 2.99. The van der Waals surface area contributed by atoms with Gasteiger partial charge in [0.2, 0.25) is 5.95 Å². The molecule has 4 rings (SSSR count). The first kappa shape index (κ1) is 16.9. The lowest BCUT2D eigenvalue weighted by molar-refractivity contribution is 0.0761. The van der Waals surface area contributed by atoms with E-state index in [4.69, 9.17) is 0 Å². The lowest BCUT2D eigenvalue weighted by Crippen LogP contribution is -2.30. The predicted molar refractivity (Wildman–Crippen MR) is 97.7 cm³/mol. The van der Waals surface area contributed by atoms with Gasteiger partial charge < -0.3 is 15.3 Å². The summed E-state index contributed by atoms with van der Waals surface area (Å²) < 4.78 is 14.0. The van der Waals surface area contributed by atoms with Gasteiger partial charge in [-0.05, 0) is 35.6 Å². The van der Waals surface area contributed by atoms with E-state index in [0.29, 0.717) is 43.2 Å². The van der Waals surface area contributed by atoms with E-state index in [-0.39, 0.29) is 11.7 Å². The van der Waals surface area contributed by atoms with Crippen molar-refractivity contribution in [3.63, 3.8) is 0 Å². The third kappa shape index (κ3) is 3.38. The Morgan fingerprint density at radius 3 is 3.04 bits per heavy atom. The molecule has 1 saturated heterocycles. The SMILES string of the molecule is O=C(c1nc(NCc2cccc(F)c2)nc2ccsc12)N1CCC(O)C1. The van der Waals surface area contributed by atoms with Gasteiger partial charge in [-0.25, -0.2) is 14.4 Å². The summed E-state index contributed by atoms with van der Waals surface area (Å²) >= 11 is 1.41. The van der Waals surface area contributed by atoms with Crippen molar-refractivity contribution in [2.45, 2.75) is 19.1 Å². The van der Waals surface area contributed by atoms with E-state index in [1.165, 1.54) is 23.5 Å². The zero-order valence-electron chi connectivity index (χ0n) is 13.9. The first-order valence-corrected chi connectivity index (χ1v) is 9.19. The normalized spacial score (nSPS) is 17.0. The van der Waals surface area contributed by atoms with Gasteiger partial charge in [-0.2, -0.15) is 0 Å². The average molecular weight is 372 g/mol. The highest BCUT2D eigenvalue weighted by molar-refractivity contribution is 7.17. The molecular formula is C18H17FN4O2S. The van der Waals surface area contributed by atoms with Gasteiger partial charge in [0, 0.05) is 19.6 Å². The number of nitrogens with one attached hydrogen (secondary N) is 1. The van der Waals surface area contributed by atoms with Gasteiger partial charge in [0.05, 0.1) is 16.3 Å². The summed E-state index contributed by atoms with van der Waals surface area (Å²) in [6.07, 6.45) is 0.0971. The molecule has 0 saturated carbocycles. The van der Waals surface area contributed by atoms with Crippen LogP contribution in [0, 0.1) is 5.82 Å². The van der Waals surface area contributed by atoms with E-state index in [2.05, 4.69) is 15.3 Å². The van der Waals surface area contributed by atoms with Crippen molar-refractivity contribution in [1.29, 1.82) is 0 Å². The minimum Gasteiger partial charge on any atom is -0.391 e. The fraction of sp³-hybridized carbons (Fsp3) is 0.278. The number of likely N-dealkylation sites (tertiary alicyclic amines) is 1. The van der Waals surface area contributed by atoms with E-state index < -0.39 is 6.10 Å². The summed E-state index contributed by atoms with van der Waals surface area (Å²) in [5.41, 5.74) is 1.78. The number of aliphatic hydroxyl groups excluding tert-OH is 1. The Morgan fingerprint density at radius 2 is 2.27 bits per heavy atom. The van der Waals surface area contributed by atoms with Crippen molar-refractivity contribution in [3.05, 3.63) is 52.8 Å². The maximum atomic E-state index is 13.3. The van der Waals surface area contributed by atoms with Crippen LogP contribution in [0.1, 0.15) is 22.5 Å². The molecule has 6 nitrogen and oxygen atoms in total. The topological polar surface area (TPSA) is 78.4 Å². The smallest absolute Gasteiger partial charge is 0.274 e. The highest BCUT2D eigenvalue weighted by Crippen LogP contribution is 2.26. The molecule has 8 heteroatoms. The van der Waals surface area contributed by atoms with Crippen molar-refractivity contribution >= 4 is 33.4 Å². The van der Waals surface area contributed by atoms with E-state index in [0.717, 1.165) is 10.3 Å². The van der Waals surface area contributed by atoms with Gasteiger partial charge in [0.1, 0.15) is 5.82 Å². The van der Waals surface area contributed by atoms with Crippen LogP contribution < -0.4 is 5.32 Å². The Balaban J connectivity index is 1.61. The molecule has 1 amide bonds. The Hall–Kier alpha value is -2.58. The van der Waals surface area contributed by atoms with Crippen LogP contribution in [-0.4, -0.2) is 45.1 Å². The number of fused-ring (bicyclic) bond motifs is 1. The van der Waals surface area contributed by atoms with Crippen LogP contribution in [0.2, 0.25) is 0 Å². The summed E-state index contributed by atoms with van der Waals surface area (Å²) in [6.45, 7) is 1.19. The van der Waals surface area contributed by atoms with Gasteiger partial charge in [-0.3, -0.25) is 4.79 Å². The number of carbonyl (C=O) groups is 1. The van der Waals surface area contributed by atoms with Crippen molar-refractivity contribution in [3.8, 4) is 0 Å². The minimum absolute atomic E-state index is 0.204. The Morgan fingerprint density at radius 1 is 1.38 bits per heavy atom. The van der Waals surface area contributed by atoms with Crippen molar-refractivity contribution in [2.24, 2.45) is 0 Å². The van der Waals surface area contributed by atoms with Crippen LogP contribution in [0.3, 0.4) is 0 Å². The van der Waals surface area contributed by atoms with E-state index >= 15 is 0 Å². The standard InChI is InChI=1S/C18H17FN4O2S/c19-12-3-1-2-11(8-12)9-20-18-21-14-5-7-26-16(14)15(22-18)17(25)23-6-4-13(24)10-23/h1-3,5,7-8,13,24H,4,6,9-10H2,(H,20,21,22). The molecule has 134 valence electrons. The van der Waals surface area contributed by atoms with Crippen molar-refractivity contribution < 1.29 is 14.3 Å². The summed E-state index contributed by atoms with van der Waals surface area (Å²) in [7, 11) is 0. The molecule has 3 aromatic rings. The van der Waals surface area contributed by atoms with Crippen molar-refractivity contribution in [1.82, 2.24) is 14.9 Å². The summed E-state index contributed by atoms with van der Waals surface area (Å²) in [4.78, 5) is 23.3. The first-order chi connectivity index (χ1) is 12.6. The number of hydrogen-bond donors (Lipinski definition) is 2. The quantitative estimate of drug-likeness (QED) is 0.736. The summed E-state index contributed by atoms with van der Waals surface area (Å²) in [6, 6.07) is 8.11. The van der Waals surface area contributed by atoms with E-state index in [1.54, 1.807) is 17.0 Å². The lowest BCUT2D eigenvalue weighted by atomic mass is 10.2. The van der Waals surface area contributed by atoms with Crippen LogP contribution in [0.5, 0.6) is 0 Å². The average Bonchev–Trinajstić information content (AvgIpc) is 3.27. The van der Waals surface area contributed by atoms with Gasteiger partial charge in [-0.1, -0.05) is 12.1 Å². The zero-order valence-corrected chi connectivity index (χ0v) is 14.7. The number of rotatable bonds is 4. The van der Waals surface area contributed by atoms with Gasteiger partial charge in [0.15, 0.2) is 5.69 Å². The number of aliphatic hydroxyl groups is 1. The molecule has 0 radical (unpaired) electrons. The van der Waals surface area contributed by atoms with Crippen LogP contribution in [0.25, 0.3) is 10.2 Å². The minimum atomic E-state index is -0.481. The lowest BCUT2D eigenvalue weighted by Gasteiger charge is -2.16. The first-order valence-electron chi connectivity index (χ1n) is 8.31. The Labute approximate surface area is 153 Å². The second-order valence-electron chi connectivity index (χ2n) is 6.21. The molecule has 0 spiro atoms. The molecule has 2 aromatic heterocycles. The van der Waals surface area contributed by atoms with Gasteiger partial charge >= 0.3 is 0 Å². The Kier molecular flexibility index (Phi) is 4.52. The summed E-state index contributed by atoms with van der Waals surface area (Å²) in [5.74, 6) is -0.185. The molecule has 1 aliphatic heterocycles. The van der Waals surface area contributed by atoms with Gasteiger partial charge in [-0.15, -0.1) is 11.3 Å². The molecule has 1 unspecified atom stereocenters. The summed E-state index contributed by atoms with van der Waals surface area (Å²) in [5, 5.41) is 14.6. The number of amides is 1. The monoisotopic (exact) mass is 372 g/mol. The highest BCUT2D eigenvalue weighted by atomic mass is 32.1. The number of benzene rings is 1. The number of anilines is 1. The molecule has 1 aliphatic rings. The molecule has 3 heterocycles. The molecular weight excluding hydrogens is 355 g/mol. The maximum absolute atomic E-state index is 13.3. The third-order valence-electron chi connectivity index (χ3n) is 4.30. The van der Waals surface area contributed by atoms with Gasteiger partial charge in [0.25, 0.3) is 5.91 Å². The number of halogens is 1. The maximum Gasteiger partial charge on any atom is 0.274 e. The Bertz CT molecular complexity index is 961. The third-order valence-corrected chi connectivity index (χ3v) is 5.21. The predicted octanol–water partition coefficient (Wildman–Crippen LogP) is 2.65. The molecule has 2 N–H and O–H groups in total. The van der Waals surface area contributed by atoms with Crippen LogP contribution in [-0.2, 0) is 6.54 Å². The largest absolute Gasteiger partial charge is 0.391 e. The fourth-order valence-corrected chi connectivity index (χ4v) is 3.80. The zero-order chi connectivity index (χ0) is 18.1. The second-order valence-corrected chi connectivity index (χ2v) is 7.12.